The Labute approximate surface area is 166 Å². The number of hydrogen-bond acceptors (Lipinski definition) is 4. The van der Waals surface area contributed by atoms with Crippen LogP contribution in [0.4, 0.5) is 0 Å². The van der Waals surface area contributed by atoms with Crippen molar-refractivity contribution in [3.8, 4) is 0 Å². The molecule has 2 N–H and O–H groups in total. The van der Waals surface area contributed by atoms with Crippen LogP contribution in [0.1, 0.15) is 56.1 Å². The minimum absolute atomic E-state index is 0.496. The van der Waals surface area contributed by atoms with Crippen LogP contribution in [0.5, 0.6) is 0 Å². The molecule has 7 heteroatoms. The summed E-state index contributed by atoms with van der Waals surface area (Å²) in [6.07, 6.45) is 5.03. The summed E-state index contributed by atoms with van der Waals surface area (Å²) in [4.78, 5) is 6.10. The highest BCUT2D eigenvalue weighted by atomic mass is 32.1. The second-order valence-electron chi connectivity index (χ2n) is 7.82. The molecule has 148 valence electrons. The standard InChI is InChI=1S/C20H32N6S/c1-14(2)16-7-9-17(10-8-16)23-20(21-12-18-6-5-11-27-18)22-13-19-25-24-15(3)26(19)4/h5-6,11,14,16-17H,7-10,12-13H2,1-4H3,(H2,21,22,23). The van der Waals surface area contributed by atoms with E-state index in [1.807, 2.05) is 18.5 Å². The van der Waals surface area contributed by atoms with Crippen molar-refractivity contribution >= 4 is 17.3 Å². The molecule has 0 spiro atoms. The fourth-order valence-electron chi connectivity index (χ4n) is 3.60. The van der Waals surface area contributed by atoms with Gasteiger partial charge in [0.2, 0.25) is 0 Å². The topological polar surface area (TPSA) is 67.1 Å². The van der Waals surface area contributed by atoms with Gasteiger partial charge in [-0.15, -0.1) is 21.5 Å². The van der Waals surface area contributed by atoms with Gasteiger partial charge in [-0.25, -0.2) is 4.99 Å². The molecule has 0 radical (unpaired) electrons. The van der Waals surface area contributed by atoms with Gasteiger partial charge in [-0.2, -0.15) is 0 Å². The third-order valence-electron chi connectivity index (χ3n) is 5.63. The molecule has 0 unspecified atom stereocenters. The molecule has 1 saturated carbocycles. The lowest BCUT2D eigenvalue weighted by Gasteiger charge is -2.32. The Morgan fingerprint density at radius 1 is 1.30 bits per heavy atom. The molecule has 0 bridgehead atoms. The van der Waals surface area contributed by atoms with E-state index in [4.69, 9.17) is 4.99 Å². The summed E-state index contributed by atoms with van der Waals surface area (Å²) >= 11 is 1.76. The Morgan fingerprint density at radius 2 is 2.07 bits per heavy atom. The summed E-state index contributed by atoms with van der Waals surface area (Å²) in [7, 11) is 1.99. The Kier molecular flexibility index (Phi) is 6.88. The van der Waals surface area contributed by atoms with Gasteiger partial charge >= 0.3 is 0 Å². The highest BCUT2D eigenvalue weighted by molar-refractivity contribution is 7.09. The maximum atomic E-state index is 4.79. The SMILES string of the molecule is Cc1nnc(CN=C(NCc2cccs2)NC2CCC(C(C)C)CC2)n1C. The summed E-state index contributed by atoms with van der Waals surface area (Å²) in [5.41, 5.74) is 0. The monoisotopic (exact) mass is 388 g/mol. The largest absolute Gasteiger partial charge is 0.354 e. The van der Waals surface area contributed by atoms with E-state index in [0.29, 0.717) is 12.6 Å². The number of nitrogens with zero attached hydrogens (tertiary/aromatic N) is 4. The summed E-state index contributed by atoms with van der Waals surface area (Å²) in [5, 5.41) is 17.6. The highest BCUT2D eigenvalue weighted by Crippen LogP contribution is 2.29. The molecular weight excluding hydrogens is 356 g/mol. The Morgan fingerprint density at radius 3 is 2.67 bits per heavy atom. The van der Waals surface area contributed by atoms with Crippen LogP contribution in [0.25, 0.3) is 0 Å². The zero-order chi connectivity index (χ0) is 19.2. The van der Waals surface area contributed by atoms with Crippen LogP contribution in [0.2, 0.25) is 0 Å². The van der Waals surface area contributed by atoms with E-state index < -0.39 is 0 Å². The van der Waals surface area contributed by atoms with Gasteiger partial charge in [0.15, 0.2) is 11.8 Å². The predicted octanol–water partition coefficient (Wildman–Crippen LogP) is 3.64. The average molecular weight is 389 g/mol. The van der Waals surface area contributed by atoms with Gasteiger partial charge < -0.3 is 15.2 Å². The van der Waals surface area contributed by atoms with E-state index in [2.05, 4.69) is 52.2 Å². The zero-order valence-electron chi connectivity index (χ0n) is 16.9. The van der Waals surface area contributed by atoms with Crippen molar-refractivity contribution < 1.29 is 0 Å². The molecule has 2 aromatic heterocycles. The molecule has 0 aliphatic heterocycles. The van der Waals surface area contributed by atoms with E-state index in [9.17, 15) is 0 Å². The number of nitrogens with one attached hydrogen (secondary N) is 2. The smallest absolute Gasteiger partial charge is 0.192 e. The van der Waals surface area contributed by atoms with Crippen molar-refractivity contribution in [1.82, 2.24) is 25.4 Å². The number of thiophene rings is 1. The molecule has 1 aliphatic rings. The highest BCUT2D eigenvalue weighted by Gasteiger charge is 2.23. The average Bonchev–Trinajstić information content (AvgIpc) is 3.29. The molecule has 1 fully saturated rings. The third-order valence-corrected chi connectivity index (χ3v) is 6.50. The quantitative estimate of drug-likeness (QED) is 0.586. The lowest BCUT2D eigenvalue weighted by atomic mass is 9.80. The van der Waals surface area contributed by atoms with Crippen LogP contribution < -0.4 is 10.6 Å². The second kappa shape index (κ2) is 9.35. The molecule has 0 aromatic carbocycles. The first-order chi connectivity index (χ1) is 13.0. The Bertz CT molecular complexity index is 726. The number of aromatic nitrogens is 3. The molecule has 27 heavy (non-hydrogen) atoms. The summed E-state index contributed by atoms with van der Waals surface area (Å²) in [6.45, 7) is 7.97. The van der Waals surface area contributed by atoms with Crippen LogP contribution >= 0.6 is 11.3 Å². The Balaban J connectivity index is 1.62. The zero-order valence-corrected chi connectivity index (χ0v) is 17.7. The van der Waals surface area contributed by atoms with E-state index >= 15 is 0 Å². The molecule has 0 saturated heterocycles. The molecular formula is C20H32N6S. The van der Waals surface area contributed by atoms with Crippen LogP contribution in [0.3, 0.4) is 0 Å². The lowest BCUT2D eigenvalue weighted by molar-refractivity contribution is 0.250. The molecule has 2 heterocycles. The van der Waals surface area contributed by atoms with Crippen molar-refractivity contribution in [3.63, 3.8) is 0 Å². The number of rotatable bonds is 6. The van der Waals surface area contributed by atoms with Gasteiger partial charge in [-0.05, 0) is 55.9 Å². The minimum atomic E-state index is 0.496. The van der Waals surface area contributed by atoms with Crippen molar-refractivity contribution in [2.45, 2.75) is 65.6 Å². The first-order valence-electron chi connectivity index (χ1n) is 9.95. The number of hydrogen-bond donors (Lipinski definition) is 2. The van der Waals surface area contributed by atoms with Gasteiger partial charge in [-0.3, -0.25) is 0 Å². The fourth-order valence-corrected chi connectivity index (χ4v) is 4.24. The number of aliphatic imine (C=N–C) groups is 1. The predicted molar refractivity (Wildman–Crippen MR) is 112 cm³/mol. The number of aryl methyl sites for hydroxylation is 1. The van der Waals surface area contributed by atoms with Gasteiger partial charge in [0.25, 0.3) is 0 Å². The minimum Gasteiger partial charge on any atom is -0.354 e. The fraction of sp³-hybridized carbons (Fsp3) is 0.650. The van der Waals surface area contributed by atoms with Crippen molar-refractivity contribution in [2.75, 3.05) is 0 Å². The van der Waals surface area contributed by atoms with Crippen LogP contribution in [-0.4, -0.2) is 26.8 Å². The molecule has 3 rings (SSSR count). The molecule has 1 aliphatic carbocycles. The van der Waals surface area contributed by atoms with E-state index in [0.717, 1.165) is 36.0 Å². The van der Waals surface area contributed by atoms with Gasteiger partial charge in [0.05, 0.1) is 6.54 Å². The van der Waals surface area contributed by atoms with Crippen LogP contribution in [-0.2, 0) is 20.1 Å². The lowest BCUT2D eigenvalue weighted by Crippen LogP contribution is -2.45. The molecule has 2 aromatic rings. The van der Waals surface area contributed by atoms with Gasteiger partial charge in [-0.1, -0.05) is 19.9 Å². The summed E-state index contributed by atoms with van der Waals surface area (Å²) in [6, 6.07) is 4.73. The third kappa shape index (κ3) is 5.54. The number of guanidine groups is 1. The first-order valence-corrected chi connectivity index (χ1v) is 10.8. The molecule has 6 nitrogen and oxygen atoms in total. The maximum Gasteiger partial charge on any atom is 0.192 e. The summed E-state index contributed by atoms with van der Waals surface area (Å²) in [5.74, 6) is 4.32. The summed E-state index contributed by atoms with van der Waals surface area (Å²) < 4.78 is 1.99. The van der Waals surface area contributed by atoms with E-state index in [1.165, 1.54) is 30.6 Å². The molecule has 0 amide bonds. The van der Waals surface area contributed by atoms with Gasteiger partial charge in [0, 0.05) is 18.0 Å². The first kappa shape index (κ1) is 19.9. The van der Waals surface area contributed by atoms with Crippen LogP contribution in [0.15, 0.2) is 22.5 Å². The maximum absolute atomic E-state index is 4.79. The Hall–Kier alpha value is -1.89. The van der Waals surface area contributed by atoms with E-state index in [-0.39, 0.29) is 0 Å². The van der Waals surface area contributed by atoms with E-state index in [1.54, 1.807) is 11.3 Å². The van der Waals surface area contributed by atoms with Gasteiger partial charge in [0.1, 0.15) is 12.4 Å². The normalized spacial score (nSPS) is 20.9. The van der Waals surface area contributed by atoms with Crippen LogP contribution in [0, 0.1) is 18.8 Å². The molecule has 0 atom stereocenters. The van der Waals surface area contributed by atoms with Crippen molar-refractivity contribution in [3.05, 3.63) is 34.0 Å². The van der Waals surface area contributed by atoms with Crippen molar-refractivity contribution in [1.29, 1.82) is 0 Å². The van der Waals surface area contributed by atoms with Crippen molar-refractivity contribution in [2.24, 2.45) is 23.9 Å². The second-order valence-corrected chi connectivity index (χ2v) is 8.85.